The maximum absolute atomic E-state index is 10.0. The van der Waals surface area contributed by atoms with Crippen LogP contribution in [0.2, 0.25) is 5.02 Å². The van der Waals surface area contributed by atoms with Crippen molar-refractivity contribution in [1.29, 1.82) is 0 Å². The molecule has 96 valence electrons. The van der Waals surface area contributed by atoms with Gasteiger partial charge < -0.3 is 5.11 Å². The Labute approximate surface area is 116 Å². The maximum atomic E-state index is 10.0. The fraction of sp³-hybridized carbons (Fsp3) is 0.357. The molecule has 0 amide bonds. The van der Waals surface area contributed by atoms with Gasteiger partial charge in [0.1, 0.15) is 0 Å². The van der Waals surface area contributed by atoms with E-state index in [1.807, 2.05) is 31.2 Å². The molecule has 1 aromatic carbocycles. The summed E-state index contributed by atoms with van der Waals surface area (Å²) in [5, 5.41) is 11.8. The molecule has 2 nitrogen and oxygen atoms in total. The zero-order chi connectivity index (χ0) is 13.3. The maximum Gasteiger partial charge on any atom is 0.0975 e. The van der Waals surface area contributed by atoms with Gasteiger partial charge in [0.05, 0.1) is 21.2 Å². The second-order valence-corrected chi connectivity index (χ2v) is 6.40. The summed E-state index contributed by atoms with van der Waals surface area (Å²) in [6.07, 6.45) is 0.777. The van der Waals surface area contributed by atoms with Crippen molar-refractivity contribution in [3.63, 3.8) is 0 Å². The molecule has 0 fully saturated rings. The summed E-state index contributed by atoms with van der Waals surface area (Å²) < 4.78 is 0. The highest BCUT2D eigenvalue weighted by atomic mass is 35.5. The number of halogens is 1. The fourth-order valence-corrected chi connectivity index (χ4v) is 3.10. The summed E-state index contributed by atoms with van der Waals surface area (Å²) >= 11 is 7.43. The van der Waals surface area contributed by atoms with Gasteiger partial charge in [-0.2, -0.15) is 0 Å². The van der Waals surface area contributed by atoms with Gasteiger partial charge in [-0.05, 0) is 38.5 Å². The van der Waals surface area contributed by atoms with Crippen molar-refractivity contribution < 1.29 is 5.11 Å². The van der Waals surface area contributed by atoms with E-state index in [9.17, 15) is 5.11 Å². The van der Waals surface area contributed by atoms with E-state index in [4.69, 9.17) is 11.6 Å². The Bertz CT molecular complexity index is 540. The van der Waals surface area contributed by atoms with Gasteiger partial charge in [0, 0.05) is 11.4 Å². The van der Waals surface area contributed by atoms with Crippen molar-refractivity contribution >= 4 is 22.9 Å². The Morgan fingerprint density at radius 2 is 1.89 bits per heavy atom. The zero-order valence-corrected chi connectivity index (χ0v) is 12.3. The standard InChI is InChI=1S/C14H16ClNOS/c1-9-13(14(2,3)17)18-12(16-9)8-10-4-6-11(15)7-5-10/h4-7,17H,8H2,1-3H3. The second kappa shape index (κ2) is 5.00. The summed E-state index contributed by atoms with van der Waals surface area (Å²) in [5.41, 5.74) is 1.27. The smallest absolute Gasteiger partial charge is 0.0975 e. The van der Waals surface area contributed by atoms with E-state index in [2.05, 4.69) is 4.98 Å². The number of hydrogen-bond acceptors (Lipinski definition) is 3. The van der Waals surface area contributed by atoms with Crippen molar-refractivity contribution in [3.8, 4) is 0 Å². The largest absolute Gasteiger partial charge is 0.385 e. The molecule has 1 N–H and O–H groups in total. The fourth-order valence-electron chi connectivity index (χ4n) is 1.87. The Hall–Kier alpha value is -0.900. The Morgan fingerprint density at radius 1 is 1.28 bits per heavy atom. The number of benzene rings is 1. The molecule has 2 aromatic rings. The molecule has 0 aliphatic rings. The molecule has 0 atom stereocenters. The molecule has 0 aliphatic heterocycles. The Morgan fingerprint density at radius 3 is 2.39 bits per heavy atom. The third-order valence-corrected chi connectivity index (χ3v) is 4.39. The van der Waals surface area contributed by atoms with E-state index in [1.165, 1.54) is 5.56 Å². The van der Waals surface area contributed by atoms with E-state index < -0.39 is 5.60 Å². The highest BCUT2D eigenvalue weighted by molar-refractivity contribution is 7.11. The molecule has 4 heteroatoms. The number of aromatic nitrogens is 1. The molecule has 0 radical (unpaired) electrons. The number of aryl methyl sites for hydroxylation is 1. The van der Waals surface area contributed by atoms with Crippen molar-refractivity contribution in [2.24, 2.45) is 0 Å². The molecule has 2 rings (SSSR count). The average Bonchev–Trinajstić information content (AvgIpc) is 2.63. The molecule has 18 heavy (non-hydrogen) atoms. The lowest BCUT2D eigenvalue weighted by Gasteiger charge is -2.14. The van der Waals surface area contributed by atoms with E-state index in [1.54, 1.807) is 25.2 Å². The first-order chi connectivity index (χ1) is 8.36. The van der Waals surface area contributed by atoms with Crippen LogP contribution < -0.4 is 0 Å². The van der Waals surface area contributed by atoms with Crippen LogP contribution in [-0.2, 0) is 12.0 Å². The lowest BCUT2D eigenvalue weighted by atomic mass is 10.1. The van der Waals surface area contributed by atoms with Gasteiger partial charge in [-0.1, -0.05) is 23.7 Å². The van der Waals surface area contributed by atoms with Crippen LogP contribution in [0.15, 0.2) is 24.3 Å². The topological polar surface area (TPSA) is 33.1 Å². The van der Waals surface area contributed by atoms with Crippen LogP contribution >= 0.6 is 22.9 Å². The first kappa shape index (κ1) is 13.5. The quantitative estimate of drug-likeness (QED) is 0.925. The first-order valence-electron chi connectivity index (χ1n) is 5.80. The van der Waals surface area contributed by atoms with E-state index in [0.717, 1.165) is 27.0 Å². The molecular weight excluding hydrogens is 266 g/mol. The second-order valence-electron chi connectivity index (χ2n) is 4.88. The third-order valence-electron chi connectivity index (χ3n) is 2.67. The SMILES string of the molecule is Cc1nc(Cc2ccc(Cl)cc2)sc1C(C)(C)O. The van der Waals surface area contributed by atoms with Crippen molar-refractivity contribution in [1.82, 2.24) is 4.98 Å². The molecule has 1 aromatic heterocycles. The van der Waals surface area contributed by atoms with Gasteiger partial charge in [-0.15, -0.1) is 11.3 Å². The molecule has 0 aliphatic carbocycles. The van der Waals surface area contributed by atoms with Crippen LogP contribution in [0.1, 0.15) is 35.0 Å². The molecule has 0 saturated heterocycles. The Balaban J connectivity index is 2.23. The number of hydrogen-bond donors (Lipinski definition) is 1. The normalized spacial score (nSPS) is 11.8. The van der Waals surface area contributed by atoms with Crippen LogP contribution in [-0.4, -0.2) is 10.1 Å². The van der Waals surface area contributed by atoms with Gasteiger partial charge in [0.2, 0.25) is 0 Å². The minimum atomic E-state index is -0.819. The van der Waals surface area contributed by atoms with Crippen molar-refractivity contribution in [2.75, 3.05) is 0 Å². The highest BCUT2D eigenvalue weighted by Gasteiger charge is 2.22. The molecular formula is C14H16ClNOS. The van der Waals surface area contributed by atoms with Gasteiger partial charge in [0.25, 0.3) is 0 Å². The van der Waals surface area contributed by atoms with E-state index in [0.29, 0.717) is 0 Å². The number of nitrogens with zero attached hydrogens (tertiary/aromatic N) is 1. The summed E-state index contributed by atoms with van der Waals surface area (Å²) in [6, 6.07) is 7.77. The number of aliphatic hydroxyl groups is 1. The van der Waals surface area contributed by atoms with Crippen molar-refractivity contribution in [3.05, 3.63) is 50.4 Å². The predicted octanol–water partition coefficient (Wildman–Crippen LogP) is 3.92. The number of rotatable bonds is 3. The van der Waals surface area contributed by atoms with E-state index in [-0.39, 0.29) is 0 Å². The summed E-state index contributed by atoms with van der Waals surface area (Å²) in [7, 11) is 0. The number of thiazole rings is 1. The molecule has 0 saturated carbocycles. The van der Waals surface area contributed by atoms with Crippen LogP contribution in [0.5, 0.6) is 0 Å². The predicted molar refractivity (Wildman–Crippen MR) is 76.4 cm³/mol. The summed E-state index contributed by atoms with van der Waals surface area (Å²) in [6.45, 7) is 5.52. The third kappa shape index (κ3) is 3.10. The summed E-state index contributed by atoms with van der Waals surface area (Å²) in [4.78, 5) is 5.46. The van der Waals surface area contributed by atoms with Crippen LogP contribution in [0.4, 0.5) is 0 Å². The molecule has 1 heterocycles. The Kier molecular flexibility index (Phi) is 3.76. The van der Waals surface area contributed by atoms with Crippen LogP contribution in [0.25, 0.3) is 0 Å². The summed E-state index contributed by atoms with van der Waals surface area (Å²) in [5.74, 6) is 0. The lowest BCUT2D eigenvalue weighted by Crippen LogP contribution is -2.14. The monoisotopic (exact) mass is 281 g/mol. The average molecular weight is 282 g/mol. The van der Waals surface area contributed by atoms with E-state index >= 15 is 0 Å². The van der Waals surface area contributed by atoms with Crippen LogP contribution in [0, 0.1) is 6.92 Å². The van der Waals surface area contributed by atoms with Gasteiger partial charge in [0.15, 0.2) is 0 Å². The van der Waals surface area contributed by atoms with Gasteiger partial charge in [-0.25, -0.2) is 4.98 Å². The van der Waals surface area contributed by atoms with Crippen LogP contribution in [0.3, 0.4) is 0 Å². The first-order valence-corrected chi connectivity index (χ1v) is 6.99. The zero-order valence-electron chi connectivity index (χ0n) is 10.7. The molecule has 0 bridgehead atoms. The minimum Gasteiger partial charge on any atom is -0.385 e. The minimum absolute atomic E-state index is 0.742. The highest BCUT2D eigenvalue weighted by Crippen LogP contribution is 2.30. The lowest BCUT2D eigenvalue weighted by molar-refractivity contribution is 0.0817. The van der Waals surface area contributed by atoms with Gasteiger partial charge in [-0.3, -0.25) is 0 Å². The van der Waals surface area contributed by atoms with Gasteiger partial charge >= 0.3 is 0 Å². The van der Waals surface area contributed by atoms with Crippen molar-refractivity contribution in [2.45, 2.75) is 32.8 Å². The molecule has 0 unspecified atom stereocenters. The molecule has 0 spiro atoms.